The molecule has 0 aromatic heterocycles. The van der Waals surface area contributed by atoms with Crippen molar-refractivity contribution in [2.45, 2.75) is 57.2 Å². The molecule has 168 valence electrons. The molecule has 0 nitrogen and oxygen atoms in total. The molecule has 1 heterocycles. The Kier molecular flexibility index (Phi) is 6.28. The third-order valence-corrected chi connectivity index (χ3v) is 245. The van der Waals surface area contributed by atoms with Crippen molar-refractivity contribution in [3.8, 4) is 0 Å². The number of aryl methyl sites for hydroxylation is 2. The van der Waals surface area contributed by atoms with Crippen molar-refractivity contribution < 1.29 is 17.1 Å². The van der Waals surface area contributed by atoms with E-state index in [-0.39, 0.29) is 4.53 Å². The Morgan fingerprint density at radius 1 is 0.750 bits per heavy atom. The Morgan fingerprint density at radius 2 is 1.19 bits per heavy atom. The van der Waals surface area contributed by atoms with Gasteiger partial charge in [0.05, 0.1) is 0 Å². The van der Waals surface area contributed by atoms with Crippen LogP contribution in [0.1, 0.15) is 67.4 Å². The normalized spacial score (nSPS) is 25.7. The first-order valence-corrected chi connectivity index (χ1v) is 47.8. The van der Waals surface area contributed by atoms with Gasteiger partial charge in [0.15, 0.2) is 0 Å². The number of hydrogen-bond acceptors (Lipinski definition) is 0. The third kappa shape index (κ3) is 3.30. The van der Waals surface area contributed by atoms with Crippen LogP contribution in [-0.4, -0.2) is 38.7 Å². The SMILES string of the molecule is CCC1=Cc2c(C)cccc2[CH]1[Hf]([CH3])([CH3])([CH]1C(CC)=Cc2c(C)cccc21)=[Si]1[SiH2][SiH2][SiH2][SiH2]1. The molecule has 5 rings (SSSR count). The molecule has 0 N–H and O–H groups in total. The molecule has 0 spiro atoms. The molecular weight excluding hydrogens is 631 g/mol. The van der Waals surface area contributed by atoms with E-state index in [4.69, 9.17) is 0 Å². The third-order valence-electron chi connectivity index (χ3n) is 9.65. The van der Waals surface area contributed by atoms with Crippen LogP contribution in [0.2, 0.25) is 9.36 Å². The number of benzene rings is 2. The van der Waals surface area contributed by atoms with Gasteiger partial charge < -0.3 is 0 Å². The fourth-order valence-electron chi connectivity index (χ4n) is 8.12. The molecule has 32 heavy (non-hydrogen) atoms. The van der Waals surface area contributed by atoms with E-state index in [0.717, 1.165) is 7.35 Å². The predicted molar refractivity (Wildman–Crippen MR) is 156 cm³/mol. The average molecular weight is 672 g/mol. The molecule has 0 amide bonds. The maximum atomic E-state index is 3.08. The summed E-state index contributed by atoms with van der Waals surface area (Å²) in [6.45, 7) is 9.65. The zero-order chi connectivity index (χ0) is 22.7. The summed E-state index contributed by atoms with van der Waals surface area (Å²) in [5, 5.41) is 0. The van der Waals surface area contributed by atoms with Crippen LogP contribution in [0, 0.1) is 13.8 Å². The zero-order valence-electron chi connectivity index (χ0n) is 21.0. The fourth-order valence-corrected chi connectivity index (χ4v) is 505. The van der Waals surface area contributed by atoms with Crippen molar-refractivity contribution in [3.63, 3.8) is 0 Å². The summed E-state index contributed by atoms with van der Waals surface area (Å²) >= 11 is -3.41. The van der Waals surface area contributed by atoms with Gasteiger partial charge in [0.2, 0.25) is 0 Å². The summed E-state index contributed by atoms with van der Waals surface area (Å²) in [5.41, 5.74) is 13.6. The Bertz CT molecular complexity index is 1160. The van der Waals surface area contributed by atoms with Crippen molar-refractivity contribution in [1.82, 2.24) is 0 Å². The van der Waals surface area contributed by atoms with Crippen LogP contribution in [-0.2, 0) is 17.1 Å². The number of hydrogen-bond donors (Lipinski definition) is 0. The predicted octanol–water partition coefficient (Wildman–Crippen LogP) is 3.90. The van der Waals surface area contributed by atoms with Crippen LogP contribution in [0.25, 0.3) is 12.2 Å². The van der Waals surface area contributed by atoms with Crippen LogP contribution in [0.5, 0.6) is 0 Å². The standard InChI is InChI=1S/2C12H13.2CH3.Hf.H8Si5/c2*1-3-10-7-11-6-4-5-9(2)12(11)8-10;;;;1-2-4-5-3-1/h2*4-8H,3H2,1-2H3;2*1H3;;1-4H2. The molecule has 2 aromatic carbocycles. The summed E-state index contributed by atoms with van der Waals surface area (Å²) in [6.07, 6.45) is 7.90. The van der Waals surface area contributed by atoms with Crippen molar-refractivity contribution in [2.24, 2.45) is 0 Å². The average Bonchev–Trinajstić information content (AvgIpc) is 3.51. The summed E-state index contributed by atoms with van der Waals surface area (Å²) in [4.78, 5) is 0. The Hall–Kier alpha value is -0.125. The van der Waals surface area contributed by atoms with Gasteiger partial charge >= 0.3 is 206 Å². The zero-order valence-corrected chi connectivity index (χ0v) is 31.3. The van der Waals surface area contributed by atoms with Gasteiger partial charge in [0.25, 0.3) is 0 Å². The second kappa shape index (κ2) is 8.52. The minimum absolute atomic E-state index is 0.0322. The number of allylic oxidation sites excluding steroid dienone is 2. The molecule has 1 aliphatic heterocycles. The quantitative estimate of drug-likeness (QED) is 0.433. The van der Waals surface area contributed by atoms with E-state index >= 15 is 0 Å². The van der Waals surface area contributed by atoms with Crippen LogP contribution in [0.3, 0.4) is 0 Å². The van der Waals surface area contributed by atoms with Gasteiger partial charge in [-0.15, -0.1) is 0 Å². The molecular formula is C26H40HfSi5. The Labute approximate surface area is 204 Å². The van der Waals surface area contributed by atoms with Crippen LogP contribution >= 0.6 is 0 Å². The summed E-state index contributed by atoms with van der Waals surface area (Å²) < 4.78 is 7.90. The summed E-state index contributed by atoms with van der Waals surface area (Å²) in [5.74, 6) is 0. The van der Waals surface area contributed by atoms with Crippen molar-refractivity contribution >= 4 is 50.9 Å². The summed E-state index contributed by atoms with van der Waals surface area (Å²) in [7, 11) is 1.74. The minimum atomic E-state index is -3.41. The summed E-state index contributed by atoms with van der Waals surface area (Å²) in [6, 6.07) is 14.6. The number of rotatable bonds is 4. The topological polar surface area (TPSA) is 0 Å². The second-order valence-electron chi connectivity index (χ2n) is 11.6. The van der Waals surface area contributed by atoms with Crippen molar-refractivity contribution in [2.75, 3.05) is 0 Å². The molecule has 2 aromatic rings. The first kappa shape index (κ1) is 23.6. The number of fused-ring (bicyclic) bond motifs is 2. The van der Waals surface area contributed by atoms with E-state index in [0.29, 0.717) is 34.2 Å². The molecule has 0 bridgehead atoms. The molecule has 2 atom stereocenters. The van der Waals surface area contributed by atoms with Gasteiger partial charge in [-0.05, 0) is 0 Å². The molecule has 6 heteroatoms. The molecule has 2 unspecified atom stereocenters. The first-order chi connectivity index (χ1) is 15.3. The van der Waals surface area contributed by atoms with E-state index in [1.807, 2.05) is 11.1 Å². The molecule has 3 aliphatic rings. The molecule has 1 saturated heterocycles. The maximum absolute atomic E-state index is 3.41. The molecule has 1 fully saturated rings. The van der Waals surface area contributed by atoms with Gasteiger partial charge in [-0.3, -0.25) is 0 Å². The van der Waals surface area contributed by atoms with Crippen LogP contribution in [0.4, 0.5) is 0 Å². The van der Waals surface area contributed by atoms with Crippen molar-refractivity contribution in [3.05, 3.63) is 80.9 Å². The van der Waals surface area contributed by atoms with Gasteiger partial charge in [0, 0.05) is 0 Å². The van der Waals surface area contributed by atoms with Gasteiger partial charge in [-0.1, -0.05) is 0 Å². The van der Waals surface area contributed by atoms with E-state index < -0.39 is 17.1 Å². The van der Waals surface area contributed by atoms with Crippen LogP contribution < -0.4 is 0 Å². The molecule has 2 aliphatic carbocycles. The van der Waals surface area contributed by atoms with Gasteiger partial charge in [-0.2, -0.15) is 0 Å². The monoisotopic (exact) mass is 672 g/mol. The van der Waals surface area contributed by atoms with Gasteiger partial charge in [0.1, 0.15) is 0 Å². The second-order valence-corrected chi connectivity index (χ2v) is 111. The fraction of sp³-hybridized carbons (Fsp3) is 0.385. The Balaban J connectivity index is 1.88. The van der Waals surface area contributed by atoms with E-state index in [9.17, 15) is 0 Å². The Morgan fingerprint density at radius 3 is 1.59 bits per heavy atom. The van der Waals surface area contributed by atoms with Crippen molar-refractivity contribution in [1.29, 1.82) is 0 Å². The van der Waals surface area contributed by atoms with E-state index in [2.05, 4.69) is 85.6 Å². The molecule has 0 radical (unpaired) electrons. The molecule has 0 saturated carbocycles. The van der Waals surface area contributed by atoms with E-state index in [1.165, 1.54) is 24.0 Å². The van der Waals surface area contributed by atoms with Crippen LogP contribution in [0.15, 0.2) is 47.5 Å². The van der Waals surface area contributed by atoms with Gasteiger partial charge in [-0.25, -0.2) is 0 Å². The van der Waals surface area contributed by atoms with E-state index in [1.54, 1.807) is 22.3 Å². The first-order valence-electron chi connectivity index (χ1n) is 13.0.